The number of nitro groups is 2. The van der Waals surface area contributed by atoms with Gasteiger partial charge in [-0.25, -0.2) is 8.42 Å². The smallest absolute Gasteiger partial charge is 0.273 e. The molecule has 0 fully saturated rings. The maximum Gasteiger partial charge on any atom is 0.273 e. The third kappa shape index (κ3) is 4.45. The number of benzene rings is 2. The molecule has 26 heavy (non-hydrogen) atoms. The van der Waals surface area contributed by atoms with Gasteiger partial charge in [0.1, 0.15) is 6.61 Å². The van der Waals surface area contributed by atoms with Crippen LogP contribution in [-0.4, -0.2) is 31.6 Å². The van der Waals surface area contributed by atoms with Gasteiger partial charge in [-0.05, 0) is 23.8 Å². The maximum absolute atomic E-state index is 11.8. The van der Waals surface area contributed by atoms with Crippen molar-refractivity contribution in [2.75, 3.05) is 17.6 Å². The van der Waals surface area contributed by atoms with E-state index in [1.807, 2.05) is 0 Å². The molecule has 0 atom stereocenters. The Morgan fingerprint density at radius 3 is 2.04 bits per heavy atom. The number of nitro benzene ring substituents is 2. The summed E-state index contributed by atoms with van der Waals surface area (Å²) >= 11 is 0. The van der Waals surface area contributed by atoms with E-state index in [1.165, 1.54) is 43.4 Å². The summed E-state index contributed by atoms with van der Waals surface area (Å²) in [6, 6.07) is 9.15. The lowest BCUT2D eigenvalue weighted by Crippen LogP contribution is -2.25. The van der Waals surface area contributed by atoms with E-state index in [0.29, 0.717) is 5.56 Å². The Morgan fingerprint density at radius 1 is 1.00 bits per heavy atom. The minimum absolute atomic E-state index is 0.00507. The number of anilines is 1. The van der Waals surface area contributed by atoms with Crippen molar-refractivity contribution in [2.24, 2.45) is 0 Å². The van der Waals surface area contributed by atoms with Crippen LogP contribution < -0.4 is 9.04 Å². The number of hydrogen-bond donors (Lipinski definition) is 0. The van der Waals surface area contributed by atoms with E-state index in [2.05, 4.69) is 0 Å². The normalized spacial score (nSPS) is 11.0. The second kappa shape index (κ2) is 7.35. The number of ether oxygens (including phenoxy) is 1. The highest BCUT2D eigenvalue weighted by atomic mass is 32.2. The molecule has 2 aromatic rings. The molecule has 0 heterocycles. The number of sulfonamides is 1. The van der Waals surface area contributed by atoms with Crippen molar-refractivity contribution in [3.05, 3.63) is 68.3 Å². The molecule has 0 unspecified atom stereocenters. The van der Waals surface area contributed by atoms with Gasteiger partial charge in [-0.3, -0.25) is 24.5 Å². The van der Waals surface area contributed by atoms with Crippen molar-refractivity contribution < 1.29 is 23.0 Å². The summed E-state index contributed by atoms with van der Waals surface area (Å²) < 4.78 is 30.0. The van der Waals surface area contributed by atoms with Crippen molar-refractivity contribution in [2.45, 2.75) is 6.61 Å². The summed E-state index contributed by atoms with van der Waals surface area (Å²) in [5, 5.41) is 21.6. The molecule has 138 valence electrons. The Balaban J connectivity index is 2.32. The fourth-order valence-electron chi connectivity index (χ4n) is 2.05. The van der Waals surface area contributed by atoms with Crippen LogP contribution in [0.5, 0.6) is 5.75 Å². The molecule has 0 aliphatic carbocycles. The zero-order valence-electron chi connectivity index (χ0n) is 13.9. The Bertz CT molecular complexity index is 942. The average molecular weight is 381 g/mol. The molecule has 0 aliphatic rings. The zero-order chi connectivity index (χ0) is 19.5. The summed E-state index contributed by atoms with van der Waals surface area (Å²) in [5.41, 5.74) is 0.381. The summed E-state index contributed by atoms with van der Waals surface area (Å²) in [7, 11) is -2.30. The van der Waals surface area contributed by atoms with Gasteiger partial charge in [-0.1, -0.05) is 0 Å². The highest BCUT2D eigenvalue weighted by Gasteiger charge is 2.20. The Hall–Kier alpha value is -3.21. The molecule has 2 rings (SSSR count). The molecule has 0 saturated heterocycles. The molecule has 0 N–H and O–H groups in total. The first-order valence-electron chi connectivity index (χ1n) is 7.18. The molecule has 0 aromatic heterocycles. The summed E-state index contributed by atoms with van der Waals surface area (Å²) in [4.78, 5) is 20.5. The number of hydrogen-bond acceptors (Lipinski definition) is 7. The SMILES string of the molecule is CN(c1ccc([N+](=O)[O-])cc1OCc1ccc([N+](=O)[O-])cc1)S(C)(=O)=O. The molecule has 0 bridgehead atoms. The van der Waals surface area contributed by atoms with Crippen LogP contribution in [0.4, 0.5) is 17.1 Å². The van der Waals surface area contributed by atoms with Gasteiger partial charge in [0.25, 0.3) is 11.4 Å². The molecule has 11 heteroatoms. The number of rotatable bonds is 7. The molecular formula is C15H15N3O7S. The summed E-state index contributed by atoms with van der Waals surface area (Å²) in [5.74, 6) is 0.00507. The second-order valence-corrected chi connectivity index (χ2v) is 7.37. The standard InChI is InChI=1S/C15H15N3O7S/c1-16(26(2,23)24)14-8-7-13(18(21)22)9-15(14)25-10-11-3-5-12(6-4-11)17(19)20/h3-9H,10H2,1-2H3. The highest BCUT2D eigenvalue weighted by Crippen LogP contribution is 2.33. The molecule has 2 aromatic carbocycles. The Morgan fingerprint density at radius 2 is 1.54 bits per heavy atom. The van der Waals surface area contributed by atoms with Crippen LogP contribution in [0.1, 0.15) is 5.56 Å². The van der Waals surface area contributed by atoms with Crippen LogP contribution in [0.15, 0.2) is 42.5 Å². The second-order valence-electron chi connectivity index (χ2n) is 5.35. The first kappa shape index (κ1) is 19.1. The van der Waals surface area contributed by atoms with Crippen LogP contribution in [0.25, 0.3) is 0 Å². The van der Waals surface area contributed by atoms with Crippen LogP contribution in [0.2, 0.25) is 0 Å². The molecule has 0 spiro atoms. The molecule has 0 saturated carbocycles. The van der Waals surface area contributed by atoms with Crippen molar-refractivity contribution in [3.63, 3.8) is 0 Å². The van der Waals surface area contributed by atoms with Crippen molar-refractivity contribution >= 4 is 27.1 Å². The minimum atomic E-state index is -3.60. The van der Waals surface area contributed by atoms with Gasteiger partial charge in [0.15, 0.2) is 5.75 Å². The summed E-state index contributed by atoms with van der Waals surface area (Å²) in [6.45, 7) is -0.0518. The molecule has 0 radical (unpaired) electrons. The lowest BCUT2D eigenvalue weighted by Gasteiger charge is -2.20. The first-order valence-corrected chi connectivity index (χ1v) is 9.03. The zero-order valence-corrected chi connectivity index (χ0v) is 14.7. The molecular weight excluding hydrogens is 366 g/mol. The first-order chi connectivity index (χ1) is 12.1. The van der Waals surface area contributed by atoms with Gasteiger partial charge >= 0.3 is 0 Å². The van der Waals surface area contributed by atoms with E-state index in [4.69, 9.17) is 4.74 Å². The quantitative estimate of drug-likeness (QED) is 0.531. The van der Waals surface area contributed by atoms with Gasteiger partial charge in [-0.2, -0.15) is 0 Å². The lowest BCUT2D eigenvalue weighted by atomic mass is 10.2. The van der Waals surface area contributed by atoms with Crippen LogP contribution in [0, 0.1) is 20.2 Å². The van der Waals surface area contributed by atoms with Crippen molar-refractivity contribution in [1.29, 1.82) is 0 Å². The Kier molecular flexibility index (Phi) is 5.41. The van der Waals surface area contributed by atoms with E-state index >= 15 is 0 Å². The van der Waals surface area contributed by atoms with E-state index < -0.39 is 19.9 Å². The predicted octanol–water partition coefficient (Wildman–Crippen LogP) is 2.48. The minimum Gasteiger partial charge on any atom is -0.486 e. The molecule has 0 aliphatic heterocycles. The van der Waals surface area contributed by atoms with Gasteiger partial charge in [0.2, 0.25) is 10.0 Å². The predicted molar refractivity (Wildman–Crippen MR) is 93.8 cm³/mol. The van der Waals surface area contributed by atoms with Gasteiger partial charge in [0.05, 0.1) is 27.9 Å². The van der Waals surface area contributed by atoms with Crippen molar-refractivity contribution in [3.8, 4) is 5.75 Å². The molecule has 10 nitrogen and oxygen atoms in total. The lowest BCUT2D eigenvalue weighted by molar-refractivity contribution is -0.385. The van der Waals surface area contributed by atoms with E-state index in [0.717, 1.165) is 16.6 Å². The topological polar surface area (TPSA) is 133 Å². The molecule has 0 amide bonds. The monoisotopic (exact) mass is 381 g/mol. The van der Waals surface area contributed by atoms with E-state index in [-0.39, 0.29) is 29.4 Å². The van der Waals surface area contributed by atoms with Gasteiger partial charge in [-0.15, -0.1) is 0 Å². The van der Waals surface area contributed by atoms with E-state index in [9.17, 15) is 28.6 Å². The Labute approximate surface area is 149 Å². The van der Waals surface area contributed by atoms with Crippen LogP contribution >= 0.6 is 0 Å². The van der Waals surface area contributed by atoms with Crippen LogP contribution in [0.3, 0.4) is 0 Å². The van der Waals surface area contributed by atoms with Crippen LogP contribution in [-0.2, 0) is 16.6 Å². The number of nitrogens with zero attached hydrogens (tertiary/aromatic N) is 3. The van der Waals surface area contributed by atoms with Crippen molar-refractivity contribution in [1.82, 2.24) is 0 Å². The third-order valence-electron chi connectivity index (χ3n) is 3.53. The number of non-ortho nitro benzene ring substituents is 2. The fourth-order valence-corrected chi connectivity index (χ4v) is 2.55. The van der Waals surface area contributed by atoms with Gasteiger partial charge in [0, 0.05) is 25.2 Å². The van der Waals surface area contributed by atoms with E-state index in [1.54, 1.807) is 0 Å². The highest BCUT2D eigenvalue weighted by molar-refractivity contribution is 7.92. The largest absolute Gasteiger partial charge is 0.486 e. The third-order valence-corrected chi connectivity index (χ3v) is 4.72. The maximum atomic E-state index is 11.8. The summed E-state index contributed by atoms with van der Waals surface area (Å²) in [6.07, 6.45) is 0.995. The van der Waals surface area contributed by atoms with Gasteiger partial charge < -0.3 is 4.74 Å². The fraction of sp³-hybridized carbons (Fsp3) is 0.200. The average Bonchev–Trinajstić information content (AvgIpc) is 2.58.